The summed E-state index contributed by atoms with van der Waals surface area (Å²) in [6, 6.07) is 0.0776. The number of carbonyl (C=O) groups is 1. The number of sulfonamides is 1. The Morgan fingerprint density at radius 1 is 1.55 bits per heavy atom. The van der Waals surface area contributed by atoms with E-state index >= 15 is 0 Å². The Labute approximate surface area is 117 Å². The van der Waals surface area contributed by atoms with Crippen LogP contribution in [0.3, 0.4) is 0 Å². The highest BCUT2D eigenvalue weighted by atomic mass is 32.2. The van der Waals surface area contributed by atoms with Gasteiger partial charge in [-0.15, -0.1) is 0 Å². The first kappa shape index (κ1) is 14.8. The quantitative estimate of drug-likeness (QED) is 0.849. The molecule has 0 aliphatic carbocycles. The minimum Gasteiger partial charge on any atom is -0.476 e. The number of piperazine rings is 1. The van der Waals surface area contributed by atoms with Gasteiger partial charge in [-0.3, -0.25) is 0 Å². The number of hydrogen-bond acceptors (Lipinski definition) is 6. The fraction of sp³-hybridized carbons (Fsp3) is 0.636. The molecule has 0 aromatic carbocycles. The van der Waals surface area contributed by atoms with E-state index in [2.05, 4.69) is 4.98 Å². The van der Waals surface area contributed by atoms with Crippen LogP contribution in [-0.2, 0) is 10.0 Å². The zero-order valence-electron chi connectivity index (χ0n) is 11.3. The molecule has 0 unspecified atom stereocenters. The van der Waals surface area contributed by atoms with Gasteiger partial charge in [0.2, 0.25) is 10.0 Å². The Hall–Kier alpha value is -1.61. The number of aromatic carboxylic acids is 1. The van der Waals surface area contributed by atoms with Crippen molar-refractivity contribution in [2.24, 2.45) is 0 Å². The van der Waals surface area contributed by atoms with Crippen molar-refractivity contribution in [3.8, 4) is 0 Å². The highest BCUT2D eigenvalue weighted by Crippen LogP contribution is 2.21. The Morgan fingerprint density at radius 2 is 2.25 bits per heavy atom. The molecule has 1 aromatic rings. The highest BCUT2D eigenvalue weighted by Gasteiger charge is 2.32. The van der Waals surface area contributed by atoms with E-state index in [0.29, 0.717) is 19.6 Å². The summed E-state index contributed by atoms with van der Waals surface area (Å²) >= 11 is 0. The molecule has 1 aliphatic rings. The average molecular weight is 303 g/mol. The monoisotopic (exact) mass is 303 g/mol. The van der Waals surface area contributed by atoms with Crippen LogP contribution in [0.5, 0.6) is 0 Å². The molecule has 0 bridgehead atoms. The second-order valence-electron chi connectivity index (χ2n) is 4.62. The van der Waals surface area contributed by atoms with Crippen LogP contribution >= 0.6 is 0 Å². The van der Waals surface area contributed by atoms with Crippen LogP contribution in [-0.4, -0.2) is 60.2 Å². The lowest BCUT2D eigenvalue weighted by atomic mass is 10.2. The van der Waals surface area contributed by atoms with Crippen molar-refractivity contribution < 1.29 is 22.7 Å². The zero-order valence-corrected chi connectivity index (χ0v) is 12.1. The highest BCUT2D eigenvalue weighted by molar-refractivity contribution is 7.89. The lowest BCUT2D eigenvalue weighted by Crippen LogP contribution is -2.54. The number of nitrogens with zero attached hydrogens (tertiary/aromatic N) is 3. The first-order valence-electron chi connectivity index (χ1n) is 6.28. The first-order valence-corrected chi connectivity index (χ1v) is 7.89. The molecule has 9 heteroatoms. The van der Waals surface area contributed by atoms with Gasteiger partial charge in [0.15, 0.2) is 5.69 Å². The fourth-order valence-corrected chi connectivity index (χ4v) is 3.31. The molecule has 1 aliphatic heterocycles. The van der Waals surface area contributed by atoms with Crippen LogP contribution in [0.1, 0.15) is 24.3 Å². The summed E-state index contributed by atoms with van der Waals surface area (Å²) in [7, 11) is -3.21. The minimum atomic E-state index is -3.21. The second-order valence-corrected chi connectivity index (χ2v) is 6.88. The van der Waals surface area contributed by atoms with Gasteiger partial charge in [-0.2, -0.15) is 9.29 Å². The molecular formula is C11H17N3O5S. The topological polar surface area (TPSA) is 104 Å². The molecule has 0 spiro atoms. The number of carboxylic acids is 1. The minimum absolute atomic E-state index is 0.0713. The normalized spacial score (nSPS) is 21.1. The molecule has 1 saturated heterocycles. The molecule has 2 heterocycles. The fourth-order valence-electron chi connectivity index (χ4n) is 2.14. The van der Waals surface area contributed by atoms with Crippen LogP contribution in [0, 0.1) is 0 Å². The molecule has 112 valence electrons. The van der Waals surface area contributed by atoms with Crippen LogP contribution in [0.4, 0.5) is 6.01 Å². The van der Waals surface area contributed by atoms with Gasteiger partial charge in [0.25, 0.3) is 6.01 Å². The molecular weight excluding hydrogens is 286 g/mol. The van der Waals surface area contributed by atoms with E-state index in [-0.39, 0.29) is 23.5 Å². The van der Waals surface area contributed by atoms with Crippen LogP contribution in [0.25, 0.3) is 0 Å². The zero-order chi connectivity index (χ0) is 14.9. The lowest BCUT2D eigenvalue weighted by Gasteiger charge is -2.38. The number of rotatable bonds is 4. The largest absolute Gasteiger partial charge is 0.476 e. The van der Waals surface area contributed by atoms with Gasteiger partial charge in [-0.25, -0.2) is 13.2 Å². The molecule has 1 aromatic heterocycles. The predicted octanol–water partition coefficient (Wildman–Crippen LogP) is 0.233. The van der Waals surface area contributed by atoms with E-state index in [1.807, 2.05) is 6.92 Å². The van der Waals surface area contributed by atoms with Crippen molar-refractivity contribution >= 4 is 22.0 Å². The average Bonchev–Trinajstić information content (AvgIpc) is 2.88. The molecule has 0 radical (unpaired) electrons. The van der Waals surface area contributed by atoms with E-state index in [4.69, 9.17) is 9.52 Å². The number of anilines is 1. The second kappa shape index (κ2) is 5.41. The van der Waals surface area contributed by atoms with E-state index in [0.717, 1.165) is 6.26 Å². The summed E-state index contributed by atoms with van der Waals surface area (Å²) in [4.78, 5) is 16.4. The van der Waals surface area contributed by atoms with Gasteiger partial charge in [0.05, 0.1) is 5.75 Å². The molecule has 0 saturated carbocycles. The smallest absolute Gasteiger partial charge is 0.357 e. The van der Waals surface area contributed by atoms with Gasteiger partial charge < -0.3 is 14.4 Å². The number of carboxylic acid groups (broad SMARTS) is 1. The molecule has 20 heavy (non-hydrogen) atoms. The van der Waals surface area contributed by atoms with Crippen molar-refractivity contribution in [3.05, 3.63) is 12.0 Å². The number of aromatic nitrogens is 1. The molecule has 8 nitrogen and oxygen atoms in total. The van der Waals surface area contributed by atoms with Gasteiger partial charge >= 0.3 is 5.97 Å². The Bertz CT molecular complexity index is 597. The standard InChI is InChI=1S/C11H17N3O5S/c1-3-20(17,18)13-4-5-14(8(2)6-13)11-12-9(7-19-11)10(15)16/h7-8H,3-6H2,1-2H3,(H,15,16)/t8-/m1/s1. The molecule has 1 fully saturated rings. The summed E-state index contributed by atoms with van der Waals surface area (Å²) in [5.41, 5.74) is -0.157. The Morgan fingerprint density at radius 3 is 2.75 bits per heavy atom. The third-order valence-electron chi connectivity index (χ3n) is 3.31. The summed E-state index contributed by atoms with van der Waals surface area (Å²) in [6.07, 6.45) is 1.08. The Balaban J connectivity index is 2.12. The van der Waals surface area contributed by atoms with Crippen molar-refractivity contribution in [3.63, 3.8) is 0 Å². The van der Waals surface area contributed by atoms with Crippen molar-refractivity contribution in [2.45, 2.75) is 19.9 Å². The first-order chi connectivity index (χ1) is 9.35. The summed E-state index contributed by atoms with van der Waals surface area (Å²) in [5, 5.41) is 8.81. The SMILES string of the molecule is CCS(=O)(=O)N1CCN(c2nc(C(=O)O)co2)[C@H](C)C1. The number of hydrogen-bond donors (Lipinski definition) is 1. The van der Waals surface area contributed by atoms with Crippen molar-refractivity contribution in [1.82, 2.24) is 9.29 Å². The lowest BCUT2D eigenvalue weighted by molar-refractivity contribution is 0.0690. The molecule has 1 N–H and O–H groups in total. The predicted molar refractivity (Wildman–Crippen MR) is 71.3 cm³/mol. The van der Waals surface area contributed by atoms with Gasteiger partial charge in [0, 0.05) is 25.7 Å². The number of oxazole rings is 1. The van der Waals surface area contributed by atoms with Gasteiger partial charge in [-0.05, 0) is 13.8 Å². The van der Waals surface area contributed by atoms with E-state index in [1.165, 1.54) is 4.31 Å². The maximum atomic E-state index is 11.8. The molecule has 2 rings (SSSR count). The van der Waals surface area contributed by atoms with E-state index in [9.17, 15) is 13.2 Å². The summed E-state index contributed by atoms with van der Waals surface area (Å²) < 4.78 is 30.2. The molecule has 1 atom stereocenters. The third kappa shape index (κ3) is 2.78. The van der Waals surface area contributed by atoms with E-state index < -0.39 is 16.0 Å². The van der Waals surface area contributed by atoms with Crippen LogP contribution in [0.15, 0.2) is 10.7 Å². The van der Waals surface area contributed by atoms with Gasteiger partial charge in [0.1, 0.15) is 6.26 Å². The van der Waals surface area contributed by atoms with Crippen LogP contribution < -0.4 is 4.90 Å². The molecule has 0 amide bonds. The summed E-state index contributed by atoms with van der Waals surface area (Å²) in [6.45, 7) is 4.55. The van der Waals surface area contributed by atoms with Crippen molar-refractivity contribution in [1.29, 1.82) is 0 Å². The summed E-state index contributed by atoms with van der Waals surface area (Å²) in [5.74, 6) is -1.08. The van der Waals surface area contributed by atoms with Gasteiger partial charge in [-0.1, -0.05) is 0 Å². The van der Waals surface area contributed by atoms with Crippen molar-refractivity contribution in [2.75, 3.05) is 30.3 Å². The van der Waals surface area contributed by atoms with E-state index in [1.54, 1.807) is 11.8 Å². The van der Waals surface area contributed by atoms with Crippen LogP contribution in [0.2, 0.25) is 0 Å². The maximum Gasteiger partial charge on any atom is 0.357 e. The third-order valence-corrected chi connectivity index (χ3v) is 5.15. The Kier molecular flexibility index (Phi) is 4.00. The maximum absolute atomic E-state index is 11.8.